The van der Waals surface area contributed by atoms with Crippen LogP contribution in [0, 0.1) is 17.8 Å². The fourth-order valence-electron chi connectivity index (χ4n) is 3.54. The maximum Gasteiger partial charge on any atom is 0.428 e. The number of fused-ring (bicyclic) bond motifs is 2. The molecule has 0 aromatic carbocycles. The summed E-state index contributed by atoms with van der Waals surface area (Å²) < 4.78 is 45.0. The van der Waals surface area contributed by atoms with E-state index in [1.807, 2.05) is 0 Å². The van der Waals surface area contributed by atoms with Gasteiger partial charge in [0, 0.05) is 11.5 Å². The molecule has 108 valence electrons. The number of hydrogen-bond acceptors (Lipinski definition) is 2. The standard InChI is InChI=1S/C14H19F3O2/c1-8(2)12(18)19-13(3,14(15,16)17)11-7-9-4-5-10(11)6-9/h9-11H,1,4-7H2,2-3H3. The molecule has 0 spiro atoms. The van der Waals surface area contributed by atoms with E-state index in [0.717, 1.165) is 26.2 Å². The van der Waals surface area contributed by atoms with Crippen LogP contribution in [-0.2, 0) is 9.53 Å². The van der Waals surface area contributed by atoms with Gasteiger partial charge in [0.25, 0.3) is 0 Å². The first kappa shape index (κ1) is 14.4. The number of carbonyl (C=O) groups is 1. The molecule has 4 unspecified atom stereocenters. The molecule has 0 radical (unpaired) electrons. The highest BCUT2D eigenvalue weighted by Crippen LogP contribution is 2.56. The van der Waals surface area contributed by atoms with Crippen molar-refractivity contribution >= 4 is 5.97 Å². The Bertz CT molecular complexity index is 402. The fraction of sp³-hybridized carbons (Fsp3) is 0.786. The summed E-state index contributed by atoms with van der Waals surface area (Å²) in [6.45, 7) is 5.73. The summed E-state index contributed by atoms with van der Waals surface area (Å²) >= 11 is 0. The average molecular weight is 276 g/mol. The first-order valence-electron chi connectivity index (χ1n) is 6.60. The van der Waals surface area contributed by atoms with Crippen molar-refractivity contribution in [1.82, 2.24) is 0 Å². The maximum absolute atomic E-state index is 13.4. The van der Waals surface area contributed by atoms with Gasteiger partial charge in [-0.05, 0) is 44.9 Å². The molecule has 0 aromatic rings. The lowest BCUT2D eigenvalue weighted by Crippen LogP contribution is -2.53. The van der Waals surface area contributed by atoms with Crippen LogP contribution in [0.25, 0.3) is 0 Å². The van der Waals surface area contributed by atoms with Crippen LogP contribution in [0.4, 0.5) is 13.2 Å². The van der Waals surface area contributed by atoms with E-state index in [1.54, 1.807) is 0 Å². The van der Waals surface area contributed by atoms with E-state index < -0.39 is 23.7 Å². The molecule has 2 aliphatic rings. The van der Waals surface area contributed by atoms with Crippen LogP contribution in [0.15, 0.2) is 12.2 Å². The normalized spacial score (nSPS) is 33.0. The van der Waals surface area contributed by atoms with Gasteiger partial charge in [-0.25, -0.2) is 4.79 Å². The van der Waals surface area contributed by atoms with E-state index >= 15 is 0 Å². The van der Waals surface area contributed by atoms with Gasteiger partial charge in [-0.3, -0.25) is 0 Å². The number of rotatable bonds is 3. The van der Waals surface area contributed by atoms with Crippen LogP contribution >= 0.6 is 0 Å². The number of halogens is 3. The van der Waals surface area contributed by atoms with Crippen LogP contribution in [-0.4, -0.2) is 17.7 Å². The van der Waals surface area contributed by atoms with E-state index in [0.29, 0.717) is 12.3 Å². The number of hydrogen-bond donors (Lipinski definition) is 0. The summed E-state index contributed by atoms with van der Waals surface area (Å²) in [6.07, 6.45) is -1.40. The molecule has 0 aromatic heterocycles. The number of ether oxygens (including phenoxy) is 1. The molecule has 0 heterocycles. The molecule has 2 aliphatic carbocycles. The average Bonchev–Trinajstić information content (AvgIpc) is 2.88. The minimum Gasteiger partial charge on any atom is -0.446 e. The SMILES string of the molecule is C=C(C)C(=O)OC(C)(C1CC2CCC1C2)C(F)(F)F. The summed E-state index contributed by atoms with van der Waals surface area (Å²) in [4.78, 5) is 11.5. The predicted octanol–water partition coefficient (Wildman–Crippen LogP) is 3.86. The van der Waals surface area contributed by atoms with Crippen LogP contribution in [0.1, 0.15) is 39.5 Å². The van der Waals surface area contributed by atoms with E-state index in [1.165, 1.54) is 6.92 Å². The van der Waals surface area contributed by atoms with Gasteiger partial charge < -0.3 is 4.74 Å². The largest absolute Gasteiger partial charge is 0.446 e. The number of carbonyl (C=O) groups excluding carboxylic acids is 1. The Kier molecular flexibility index (Phi) is 3.43. The van der Waals surface area contributed by atoms with Crippen molar-refractivity contribution < 1.29 is 22.7 Å². The molecule has 0 aliphatic heterocycles. The molecule has 0 amide bonds. The van der Waals surface area contributed by atoms with Crippen molar-refractivity contribution in [1.29, 1.82) is 0 Å². The van der Waals surface area contributed by atoms with Gasteiger partial charge in [0.15, 0.2) is 0 Å². The highest BCUT2D eigenvalue weighted by Gasteiger charge is 2.63. The van der Waals surface area contributed by atoms with Crippen LogP contribution in [0.5, 0.6) is 0 Å². The second kappa shape index (κ2) is 4.53. The minimum absolute atomic E-state index is 0.00127. The maximum atomic E-state index is 13.4. The topological polar surface area (TPSA) is 26.3 Å². The van der Waals surface area contributed by atoms with Crippen LogP contribution in [0.3, 0.4) is 0 Å². The highest BCUT2D eigenvalue weighted by atomic mass is 19.4. The van der Waals surface area contributed by atoms with Crippen LogP contribution in [0.2, 0.25) is 0 Å². The van der Waals surface area contributed by atoms with E-state index in [2.05, 4.69) is 6.58 Å². The summed E-state index contributed by atoms with van der Waals surface area (Å²) in [5.41, 5.74) is -2.39. The molecule has 19 heavy (non-hydrogen) atoms. The lowest BCUT2D eigenvalue weighted by atomic mass is 9.76. The molecular weight excluding hydrogens is 257 g/mol. The van der Waals surface area contributed by atoms with Crippen molar-refractivity contribution in [3.8, 4) is 0 Å². The third kappa shape index (κ3) is 2.39. The molecule has 2 rings (SSSR count). The molecule has 5 heteroatoms. The zero-order valence-corrected chi connectivity index (χ0v) is 11.2. The lowest BCUT2D eigenvalue weighted by Gasteiger charge is -2.40. The van der Waals surface area contributed by atoms with Gasteiger partial charge in [0.1, 0.15) is 0 Å². The Hall–Kier alpha value is -1.00. The zero-order chi connectivity index (χ0) is 14.4. The summed E-state index contributed by atoms with van der Waals surface area (Å²) in [5, 5.41) is 0. The summed E-state index contributed by atoms with van der Waals surface area (Å²) in [7, 11) is 0. The predicted molar refractivity (Wildman–Crippen MR) is 64.3 cm³/mol. The first-order valence-corrected chi connectivity index (χ1v) is 6.60. The Labute approximate surface area is 111 Å². The third-order valence-electron chi connectivity index (χ3n) is 4.66. The monoisotopic (exact) mass is 276 g/mol. The molecular formula is C14H19F3O2. The molecule has 0 saturated heterocycles. The number of alkyl halides is 3. The Morgan fingerprint density at radius 1 is 1.26 bits per heavy atom. The van der Waals surface area contributed by atoms with Gasteiger partial charge in [-0.15, -0.1) is 0 Å². The van der Waals surface area contributed by atoms with Crippen LogP contribution < -0.4 is 0 Å². The second-order valence-electron chi connectivity index (χ2n) is 6.06. The van der Waals surface area contributed by atoms with Crippen molar-refractivity contribution in [2.75, 3.05) is 0 Å². The Morgan fingerprint density at radius 2 is 1.89 bits per heavy atom. The Morgan fingerprint density at radius 3 is 2.26 bits per heavy atom. The van der Waals surface area contributed by atoms with E-state index in [-0.39, 0.29) is 11.5 Å². The number of esters is 1. The smallest absolute Gasteiger partial charge is 0.428 e. The van der Waals surface area contributed by atoms with Crippen molar-refractivity contribution in [3.63, 3.8) is 0 Å². The molecule has 2 fully saturated rings. The van der Waals surface area contributed by atoms with Crippen molar-refractivity contribution in [2.24, 2.45) is 17.8 Å². The molecule has 0 N–H and O–H groups in total. The van der Waals surface area contributed by atoms with Crippen molar-refractivity contribution in [2.45, 2.75) is 51.3 Å². The highest BCUT2D eigenvalue weighted by molar-refractivity contribution is 5.87. The first-order chi connectivity index (χ1) is 8.65. The lowest BCUT2D eigenvalue weighted by molar-refractivity contribution is -0.284. The van der Waals surface area contributed by atoms with E-state index in [4.69, 9.17) is 4.74 Å². The van der Waals surface area contributed by atoms with Gasteiger partial charge in [0.05, 0.1) is 0 Å². The van der Waals surface area contributed by atoms with Gasteiger partial charge >= 0.3 is 12.1 Å². The van der Waals surface area contributed by atoms with Gasteiger partial charge in [-0.2, -0.15) is 13.2 Å². The molecule has 2 saturated carbocycles. The fourth-order valence-corrected chi connectivity index (χ4v) is 3.54. The Balaban J connectivity index is 2.25. The summed E-state index contributed by atoms with van der Waals surface area (Å²) in [5.74, 6) is -1.19. The van der Waals surface area contributed by atoms with E-state index in [9.17, 15) is 18.0 Å². The quantitative estimate of drug-likeness (QED) is 0.578. The van der Waals surface area contributed by atoms with Gasteiger partial charge in [-0.1, -0.05) is 13.0 Å². The molecule has 2 bridgehead atoms. The summed E-state index contributed by atoms with van der Waals surface area (Å²) in [6, 6.07) is 0. The van der Waals surface area contributed by atoms with Gasteiger partial charge in [0.2, 0.25) is 5.60 Å². The molecule has 4 atom stereocenters. The molecule has 2 nitrogen and oxygen atoms in total. The minimum atomic E-state index is -4.55. The zero-order valence-electron chi connectivity index (χ0n) is 11.2. The third-order valence-corrected chi connectivity index (χ3v) is 4.66. The second-order valence-corrected chi connectivity index (χ2v) is 6.06. The van der Waals surface area contributed by atoms with Crippen molar-refractivity contribution in [3.05, 3.63) is 12.2 Å².